The lowest BCUT2D eigenvalue weighted by Gasteiger charge is -2.21. The van der Waals surface area contributed by atoms with Crippen molar-refractivity contribution in [2.75, 3.05) is 19.7 Å². The fourth-order valence-electron chi connectivity index (χ4n) is 2.58. The van der Waals surface area contributed by atoms with Gasteiger partial charge < -0.3 is 20.4 Å². The number of carbonyl (C=O) groups excluding carboxylic acids is 1. The van der Waals surface area contributed by atoms with Crippen LogP contribution in [0.5, 0.6) is 0 Å². The Morgan fingerprint density at radius 1 is 1.33 bits per heavy atom. The molecule has 21 heavy (non-hydrogen) atoms. The number of carboxylic acid groups (broad SMARTS) is 1. The van der Waals surface area contributed by atoms with E-state index in [1.807, 2.05) is 0 Å². The van der Waals surface area contributed by atoms with E-state index in [9.17, 15) is 14.7 Å². The first-order valence-electron chi connectivity index (χ1n) is 7.06. The van der Waals surface area contributed by atoms with Crippen molar-refractivity contribution in [3.05, 3.63) is 35.9 Å². The molecule has 6 heteroatoms. The van der Waals surface area contributed by atoms with Crippen LogP contribution in [0.1, 0.15) is 24.4 Å². The van der Waals surface area contributed by atoms with Crippen LogP contribution >= 0.6 is 0 Å². The zero-order valence-electron chi connectivity index (χ0n) is 11.7. The van der Waals surface area contributed by atoms with Crippen LogP contribution in [-0.2, 0) is 4.79 Å². The van der Waals surface area contributed by atoms with E-state index < -0.39 is 12.0 Å². The SMILES string of the molecule is O=C(O)[C@H](NC(=O)N1CCC(CCO)C1)c1ccccc1. The van der Waals surface area contributed by atoms with Crippen LogP contribution in [-0.4, -0.2) is 46.8 Å². The minimum absolute atomic E-state index is 0.113. The van der Waals surface area contributed by atoms with Crippen LogP contribution in [0.15, 0.2) is 30.3 Å². The number of aliphatic hydroxyl groups is 1. The first kappa shape index (κ1) is 15.3. The van der Waals surface area contributed by atoms with Crippen molar-refractivity contribution in [2.24, 2.45) is 5.92 Å². The van der Waals surface area contributed by atoms with Gasteiger partial charge in [-0.3, -0.25) is 0 Å². The highest BCUT2D eigenvalue weighted by Crippen LogP contribution is 2.20. The Bertz CT molecular complexity index is 492. The molecule has 0 spiro atoms. The molecule has 1 aliphatic heterocycles. The van der Waals surface area contributed by atoms with E-state index in [1.54, 1.807) is 35.2 Å². The van der Waals surface area contributed by atoms with E-state index in [0.717, 1.165) is 6.42 Å². The monoisotopic (exact) mass is 292 g/mol. The normalized spacial score (nSPS) is 19.3. The molecule has 1 aromatic carbocycles. The number of hydrogen-bond donors (Lipinski definition) is 3. The lowest BCUT2D eigenvalue weighted by Crippen LogP contribution is -2.42. The summed E-state index contributed by atoms with van der Waals surface area (Å²) in [6.07, 6.45) is 1.52. The first-order valence-corrected chi connectivity index (χ1v) is 7.06. The Morgan fingerprint density at radius 3 is 2.67 bits per heavy atom. The molecule has 1 aliphatic rings. The molecule has 2 atom stereocenters. The van der Waals surface area contributed by atoms with Gasteiger partial charge in [-0.25, -0.2) is 9.59 Å². The second kappa shape index (κ2) is 7.08. The van der Waals surface area contributed by atoms with Crippen LogP contribution in [0.4, 0.5) is 4.79 Å². The van der Waals surface area contributed by atoms with Gasteiger partial charge in [0, 0.05) is 19.7 Å². The minimum atomic E-state index is -1.08. The third-order valence-corrected chi connectivity index (χ3v) is 3.76. The molecule has 1 saturated heterocycles. The lowest BCUT2D eigenvalue weighted by molar-refractivity contribution is -0.139. The number of hydrogen-bond acceptors (Lipinski definition) is 3. The van der Waals surface area contributed by atoms with Gasteiger partial charge in [-0.2, -0.15) is 0 Å². The van der Waals surface area contributed by atoms with Gasteiger partial charge in [0.2, 0.25) is 0 Å². The van der Waals surface area contributed by atoms with Gasteiger partial charge in [-0.05, 0) is 24.3 Å². The molecule has 2 rings (SSSR count). The molecule has 6 nitrogen and oxygen atoms in total. The maximum absolute atomic E-state index is 12.2. The Morgan fingerprint density at radius 2 is 2.05 bits per heavy atom. The number of aliphatic carboxylic acids is 1. The highest BCUT2D eigenvalue weighted by Gasteiger charge is 2.29. The summed E-state index contributed by atoms with van der Waals surface area (Å²) in [5.74, 6) is -0.790. The average Bonchev–Trinajstić information content (AvgIpc) is 2.94. The number of amides is 2. The summed E-state index contributed by atoms with van der Waals surface area (Å²) in [6.45, 7) is 1.27. The van der Waals surface area contributed by atoms with Crippen LogP contribution in [0.3, 0.4) is 0 Å². The number of likely N-dealkylation sites (tertiary alicyclic amines) is 1. The molecule has 3 N–H and O–H groups in total. The topological polar surface area (TPSA) is 89.9 Å². The van der Waals surface area contributed by atoms with Crippen molar-refractivity contribution in [2.45, 2.75) is 18.9 Å². The molecule has 0 saturated carbocycles. The molecule has 1 heterocycles. The van der Waals surface area contributed by atoms with Gasteiger partial charge >= 0.3 is 12.0 Å². The number of carboxylic acids is 1. The summed E-state index contributed by atoms with van der Waals surface area (Å²) < 4.78 is 0. The highest BCUT2D eigenvalue weighted by molar-refractivity contribution is 5.83. The largest absolute Gasteiger partial charge is 0.479 e. The number of aliphatic hydroxyl groups excluding tert-OH is 1. The summed E-state index contributed by atoms with van der Waals surface area (Å²) in [4.78, 5) is 25.1. The van der Waals surface area contributed by atoms with E-state index in [1.165, 1.54) is 0 Å². The summed E-state index contributed by atoms with van der Waals surface area (Å²) >= 11 is 0. The van der Waals surface area contributed by atoms with Crippen molar-refractivity contribution in [3.63, 3.8) is 0 Å². The van der Waals surface area contributed by atoms with E-state index in [0.29, 0.717) is 31.0 Å². The minimum Gasteiger partial charge on any atom is -0.479 e. The zero-order chi connectivity index (χ0) is 15.2. The van der Waals surface area contributed by atoms with Crippen LogP contribution in [0.25, 0.3) is 0 Å². The lowest BCUT2D eigenvalue weighted by atomic mass is 10.1. The molecule has 1 unspecified atom stereocenters. The van der Waals surface area contributed by atoms with Crippen LogP contribution in [0, 0.1) is 5.92 Å². The maximum Gasteiger partial charge on any atom is 0.330 e. The van der Waals surface area contributed by atoms with Crippen molar-refractivity contribution < 1.29 is 19.8 Å². The molecule has 0 aromatic heterocycles. The predicted molar refractivity (Wildman–Crippen MR) is 76.7 cm³/mol. The number of urea groups is 1. The van der Waals surface area contributed by atoms with E-state index in [2.05, 4.69) is 5.32 Å². The van der Waals surface area contributed by atoms with Crippen LogP contribution < -0.4 is 5.32 Å². The molecule has 1 fully saturated rings. The molecule has 114 valence electrons. The van der Waals surface area contributed by atoms with E-state index in [4.69, 9.17) is 5.11 Å². The quantitative estimate of drug-likeness (QED) is 0.761. The average molecular weight is 292 g/mol. The summed E-state index contributed by atoms with van der Waals surface area (Å²) in [6, 6.07) is 7.22. The van der Waals surface area contributed by atoms with E-state index >= 15 is 0 Å². The van der Waals surface area contributed by atoms with Crippen molar-refractivity contribution in [3.8, 4) is 0 Å². The number of carbonyl (C=O) groups is 2. The Labute approximate surface area is 123 Å². The maximum atomic E-state index is 12.2. The third-order valence-electron chi connectivity index (χ3n) is 3.76. The fourth-order valence-corrected chi connectivity index (χ4v) is 2.58. The van der Waals surface area contributed by atoms with Gasteiger partial charge in [0.05, 0.1) is 0 Å². The highest BCUT2D eigenvalue weighted by atomic mass is 16.4. The fraction of sp³-hybridized carbons (Fsp3) is 0.467. The Balaban J connectivity index is 1.98. The second-order valence-electron chi connectivity index (χ2n) is 5.24. The van der Waals surface area contributed by atoms with E-state index in [-0.39, 0.29) is 12.6 Å². The zero-order valence-corrected chi connectivity index (χ0v) is 11.7. The van der Waals surface area contributed by atoms with Gasteiger partial charge in [-0.15, -0.1) is 0 Å². The van der Waals surface area contributed by atoms with Crippen molar-refractivity contribution in [1.82, 2.24) is 10.2 Å². The molecular formula is C15H20N2O4. The number of nitrogens with zero attached hydrogens (tertiary/aromatic N) is 1. The number of benzene rings is 1. The Kier molecular flexibility index (Phi) is 5.16. The number of rotatable bonds is 5. The predicted octanol–water partition coefficient (Wildman–Crippen LogP) is 1.23. The third kappa shape index (κ3) is 3.95. The molecule has 0 bridgehead atoms. The smallest absolute Gasteiger partial charge is 0.330 e. The Hall–Kier alpha value is -2.08. The molecule has 2 amide bonds. The first-order chi connectivity index (χ1) is 10.1. The van der Waals surface area contributed by atoms with Gasteiger partial charge in [0.15, 0.2) is 6.04 Å². The van der Waals surface area contributed by atoms with Crippen molar-refractivity contribution in [1.29, 1.82) is 0 Å². The molecular weight excluding hydrogens is 272 g/mol. The molecule has 0 radical (unpaired) electrons. The summed E-state index contributed by atoms with van der Waals surface area (Å²) in [5.41, 5.74) is 0.546. The second-order valence-corrected chi connectivity index (χ2v) is 5.24. The van der Waals surface area contributed by atoms with Gasteiger partial charge in [0.1, 0.15) is 0 Å². The van der Waals surface area contributed by atoms with Crippen molar-refractivity contribution >= 4 is 12.0 Å². The standard InChI is InChI=1S/C15H20N2O4/c18-9-7-11-6-8-17(10-11)15(21)16-13(14(19)20)12-4-2-1-3-5-12/h1-5,11,13,18H,6-10H2,(H,16,21)(H,19,20)/t11?,13-/m1/s1. The van der Waals surface area contributed by atoms with Gasteiger partial charge in [-0.1, -0.05) is 30.3 Å². The summed E-state index contributed by atoms with van der Waals surface area (Å²) in [5, 5.41) is 20.8. The molecule has 1 aromatic rings. The summed E-state index contributed by atoms with van der Waals surface area (Å²) in [7, 11) is 0. The van der Waals surface area contributed by atoms with Crippen LogP contribution in [0.2, 0.25) is 0 Å². The number of nitrogens with one attached hydrogen (secondary N) is 1. The molecule has 0 aliphatic carbocycles. The van der Waals surface area contributed by atoms with Gasteiger partial charge in [0.25, 0.3) is 0 Å².